The molecule has 2 saturated heterocycles. The quantitative estimate of drug-likeness (QED) is 0.386. The summed E-state index contributed by atoms with van der Waals surface area (Å²) in [5.74, 6) is 0.468. The van der Waals surface area contributed by atoms with E-state index in [9.17, 15) is 9.59 Å². The first-order chi connectivity index (χ1) is 19.5. The minimum atomic E-state index is -0.0951. The molecule has 3 heterocycles. The molecule has 5 rings (SSSR count). The summed E-state index contributed by atoms with van der Waals surface area (Å²) in [7, 11) is 2.15. The molecule has 2 aliphatic rings. The van der Waals surface area contributed by atoms with Gasteiger partial charge in [-0.15, -0.1) is 10.2 Å². The van der Waals surface area contributed by atoms with Gasteiger partial charge in [-0.1, -0.05) is 53.8 Å². The van der Waals surface area contributed by atoms with Crippen molar-refractivity contribution in [1.29, 1.82) is 0 Å². The van der Waals surface area contributed by atoms with Crippen LogP contribution in [0.3, 0.4) is 0 Å². The van der Waals surface area contributed by atoms with E-state index in [2.05, 4.69) is 37.7 Å². The highest BCUT2D eigenvalue weighted by atomic mass is 32.1. The van der Waals surface area contributed by atoms with E-state index >= 15 is 0 Å². The molecule has 2 aliphatic heterocycles. The fourth-order valence-corrected chi connectivity index (χ4v) is 5.94. The summed E-state index contributed by atoms with van der Waals surface area (Å²) in [6, 6.07) is 17.4. The fraction of sp³-hybridized carbons (Fsp3) is 0.467. The summed E-state index contributed by atoms with van der Waals surface area (Å²) in [6.07, 6.45) is 4.56. The molecule has 1 aromatic heterocycles. The zero-order valence-electron chi connectivity index (χ0n) is 23.1. The minimum absolute atomic E-state index is 0.00522. The Balaban J connectivity index is 1.00. The van der Waals surface area contributed by atoms with Gasteiger partial charge >= 0.3 is 0 Å². The number of piperidine rings is 2. The average molecular weight is 563 g/mol. The van der Waals surface area contributed by atoms with Crippen molar-refractivity contribution in [3.05, 3.63) is 71.3 Å². The van der Waals surface area contributed by atoms with Crippen LogP contribution in [0.5, 0.6) is 0 Å². The molecule has 0 saturated carbocycles. The number of hydrogen-bond donors (Lipinski definition) is 2. The lowest BCUT2D eigenvalue weighted by Gasteiger charge is -2.31. The van der Waals surface area contributed by atoms with E-state index in [0.29, 0.717) is 29.6 Å². The number of amides is 2. The van der Waals surface area contributed by atoms with Crippen LogP contribution >= 0.6 is 11.3 Å². The third-order valence-electron chi connectivity index (χ3n) is 7.67. The maximum absolute atomic E-state index is 12.6. The van der Waals surface area contributed by atoms with Crippen LogP contribution in [0.15, 0.2) is 54.6 Å². The zero-order chi connectivity index (χ0) is 27.7. The molecule has 2 N–H and O–H groups in total. The first kappa shape index (κ1) is 28.2. The smallest absolute Gasteiger partial charge is 0.251 e. The van der Waals surface area contributed by atoms with E-state index in [1.165, 1.54) is 11.3 Å². The van der Waals surface area contributed by atoms with Crippen LogP contribution in [0.1, 0.15) is 47.2 Å². The minimum Gasteiger partial charge on any atom is -0.373 e. The van der Waals surface area contributed by atoms with Crippen LogP contribution < -0.4 is 15.5 Å². The molecular formula is C30H38N6O3S. The van der Waals surface area contributed by atoms with Gasteiger partial charge < -0.3 is 25.2 Å². The first-order valence-electron chi connectivity index (χ1n) is 14.1. The monoisotopic (exact) mass is 562 g/mol. The second-order valence-electron chi connectivity index (χ2n) is 10.8. The Bertz CT molecular complexity index is 1240. The number of hydrogen-bond acceptors (Lipinski definition) is 8. The fourth-order valence-electron chi connectivity index (χ4n) is 5.12. The molecule has 2 aromatic carbocycles. The van der Waals surface area contributed by atoms with Crippen molar-refractivity contribution in [3.8, 4) is 0 Å². The molecule has 3 aromatic rings. The number of likely N-dealkylation sites (tertiary alicyclic amines) is 1. The van der Waals surface area contributed by atoms with E-state index in [4.69, 9.17) is 4.74 Å². The number of nitrogens with zero attached hydrogens (tertiary/aromatic N) is 4. The van der Waals surface area contributed by atoms with E-state index in [1.54, 1.807) is 0 Å². The predicted molar refractivity (Wildman–Crippen MR) is 158 cm³/mol. The Morgan fingerprint density at radius 2 is 1.65 bits per heavy atom. The molecule has 2 amide bonds. The Morgan fingerprint density at radius 3 is 2.38 bits per heavy atom. The van der Waals surface area contributed by atoms with Gasteiger partial charge in [-0.2, -0.15) is 0 Å². The number of aromatic nitrogens is 2. The lowest BCUT2D eigenvalue weighted by molar-refractivity contribution is -0.115. The van der Waals surface area contributed by atoms with Gasteiger partial charge in [-0.25, -0.2) is 0 Å². The molecule has 10 heteroatoms. The van der Waals surface area contributed by atoms with Crippen molar-refractivity contribution < 1.29 is 14.3 Å². The molecule has 0 atom stereocenters. The van der Waals surface area contributed by atoms with Crippen molar-refractivity contribution in [1.82, 2.24) is 20.4 Å². The standard InChI is InChI=1S/C30H38N6O3S/c1-35-15-11-23(12-16-35)20-31-28(38)25-9-7-24(8-10-25)21-39-26-13-17-36(18-14-26)30-34-33-29(40-30)32-27(37)19-22-5-3-2-4-6-22/h2-10,23,26H,11-21H2,1H3,(H,31,38)(H,32,33,37). The number of carbonyl (C=O) groups is 2. The number of benzene rings is 2. The molecular weight excluding hydrogens is 524 g/mol. The van der Waals surface area contributed by atoms with Gasteiger partial charge in [0.25, 0.3) is 5.91 Å². The van der Waals surface area contributed by atoms with Crippen molar-refractivity contribution in [3.63, 3.8) is 0 Å². The highest BCUT2D eigenvalue weighted by Crippen LogP contribution is 2.28. The topological polar surface area (TPSA) is 99.7 Å². The lowest BCUT2D eigenvalue weighted by atomic mass is 9.97. The van der Waals surface area contributed by atoms with E-state index < -0.39 is 0 Å². The Morgan fingerprint density at radius 1 is 0.925 bits per heavy atom. The number of carbonyl (C=O) groups excluding carboxylic acids is 2. The second kappa shape index (κ2) is 13.8. The van der Waals surface area contributed by atoms with Gasteiger partial charge in [0, 0.05) is 25.2 Å². The highest BCUT2D eigenvalue weighted by molar-refractivity contribution is 7.19. The first-order valence-corrected chi connectivity index (χ1v) is 14.9. The second-order valence-corrected chi connectivity index (χ2v) is 11.7. The van der Waals surface area contributed by atoms with Crippen LogP contribution in [0.25, 0.3) is 0 Å². The molecule has 0 radical (unpaired) electrons. The molecule has 0 spiro atoms. The molecule has 40 heavy (non-hydrogen) atoms. The van der Waals surface area contributed by atoms with Gasteiger partial charge in [-0.05, 0) is 75.0 Å². The average Bonchev–Trinajstić information content (AvgIpc) is 3.45. The Labute approximate surface area is 239 Å². The summed E-state index contributed by atoms with van der Waals surface area (Å²) in [4.78, 5) is 29.4. The zero-order valence-corrected chi connectivity index (χ0v) is 23.9. The van der Waals surface area contributed by atoms with Gasteiger partial charge in [-0.3, -0.25) is 9.59 Å². The largest absolute Gasteiger partial charge is 0.373 e. The molecule has 0 bridgehead atoms. The van der Waals surface area contributed by atoms with Gasteiger partial charge in [0.1, 0.15) is 0 Å². The third kappa shape index (κ3) is 8.09. The van der Waals surface area contributed by atoms with Crippen molar-refractivity contribution in [2.75, 3.05) is 50.0 Å². The van der Waals surface area contributed by atoms with Gasteiger partial charge in [0.05, 0.1) is 19.1 Å². The van der Waals surface area contributed by atoms with Crippen molar-refractivity contribution >= 4 is 33.4 Å². The van der Waals surface area contributed by atoms with Crippen LogP contribution in [-0.2, 0) is 22.6 Å². The van der Waals surface area contributed by atoms with Crippen LogP contribution in [-0.4, -0.2) is 72.8 Å². The number of anilines is 2. The lowest BCUT2D eigenvalue weighted by Crippen LogP contribution is -2.37. The SMILES string of the molecule is CN1CCC(CNC(=O)c2ccc(COC3CCN(c4nnc(NC(=O)Cc5ccccc5)s4)CC3)cc2)CC1. The van der Waals surface area contributed by atoms with Crippen molar-refractivity contribution in [2.24, 2.45) is 5.92 Å². The highest BCUT2D eigenvalue weighted by Gasteiger charge is 2.23. The van der Waals surface area contributed by atoms with Crippen LogP contribution in [0.2, 0.25) is 0 Å². The summed E-state index contributed by atoms with van der Waals surface area (Å²) >= 11 is 1.40. The maximum Gasteiger partial charge on any atom is 0.251 e. The van der Waals surface area contributed by atoms with Crippen molar-refractivity contribution in [2.45, 2.75) is 44.8 Å². The maximum atomic E-state index is 12.6. The van der Waals surface area contributed by atoms with E-state index in [0.717, 1.165) is 74.7 Å². The van der Waals surface area contributed by atoms with Crippen LogP contribution in [0, 0.1) is 5.92 Å². The third-order valence-corrected chi connectivity index (χ3v) is 8.57. The summed E-state index contributed by atoms with van der Waals surface area (Å²) in [6.45, 7) is 5.14. The Kier molecular flexibility index (Phi) is 9.75. The molecule has 2 fully saturated rings. The normalized spacial score (nSPS) is 17.1. The van der Waals surface area contributed by atoms with Gasteiger partial charge in [0.2, 0.25) is 16.2 Å². The predicted octanol–water partition coefficient (Wildman–Crippen LogP) is 3.98. The van der Waals surface area contributed by atoms with E-state index in [1.807, 2.05) is 54.6 Å². The number of nitrogens with one attached hydrogen (secondary N) is 2. The molecule has 0 aliphatic carbocycles. The molecule has 9 nitrogen and oxygen atoms in total. The molecule has 212 valence electrons. The van der Waals surface area contributed by atoms with Gasteiger partial charge in [0.15, 0.2) is 0 Å². The Hall–Kier alpha value is -3.34. The summed E-state index contributed by atoms with van der Waals surface area (Å²) < 4.78 is 6.18. The van der Waals surface area contributed by atoms with E-state index in [-0.39, 0.29) is 17.9 Å². The molecule has 0 unspecified atom stereocenters. The summed E-state index contributed by atoms with van der Waals surface area (Å²) in [5.41, 5.74) is 2.72. The number of ether oxygens (including phenoxy) is 1. The summed E-state index contributed by atoms with van der Waals surface area (Å²) in [5, 5.41) is 15.7. The van der Waals surface area contributed by atoms with Crippen LogP contribution in [0.4, 0.5) is 10.3 Å². The number of rotatable bonds is 10.